The molecule has 0 amide bonds. The Bertz CT molecular complexity index is 2110. The van der Waals surface area contributed by atoms with Crippen molar-refractivity contribution in [3.05, 3.63) is 164 Å². The van der Waals surface area contributed by atoms with E-state index in [0.717, 1.165) is 0 Å². The van der Waals surface area contributed by atoms with Gasteiger partial charge in [-0.1, -0.05) is 127 Å². The van der Waals surface area contributed by atoms with E-state index >= 15 is 0 Å². The third kappa shape index (κ3) is 4.06. The maximum atomic E-state index is 4.50. The quantitative estimate of drug-likeness (QED) is 0.205. The van der Waals surface area contributed by atoms with Gasteiger partial charge in [-0.15, -0.1) is 0 Å². The minimum Gasteiger partial charge on any atom is -0.264 e. The summed E-state index contributed by atoms with van der Waals surface area (Å²) in [4.78, 5) is 4.50. The molecule has 0 aliphatic rings. The minimum absolute atomic E-state index is 1.17. The van der Waals surface area contributed by atoms with Crippen molar-refractivity contribution in [1.29, 1.82) is 0 Å². The molecule has 0 N–H and O–H groups in total. The number of aromatic nitrogens is 1. The number of pyridine rings is 1. The smallest absolute Gasteiger partial charge is 0.0352 e. The van der Waals surface area contributed by atoms with Crippen LogP contribution in [0, 0.1) is 0 Å². The molecule has 0 atom stereocenters. The fourth-order valence-electron chi connectivity index (χ4n) is 6.43. The number of rotatable bonds is 4. The molecule has 7 aromatic carbocycles. The highest BCUT2D eigenvalue weighted by Gasteiger charge is 2.19. The van der Waals surface area contributed by atoms with Crippen LogP contribution in [0.1, 0.15) is 0 Å². The fourth-order valence-corrected chi connectivity index (χ4v) is 6.43. The number of nitrogens with zero attached hydrogens (tertiary/aromatic N) is 1. The molecule has 0 radical (unpaired) electrons. The summed E-state index contributed by atoms with van der Waals surface area (Å²) in [6.45, 7) is 0. The lowest BCUT2D eigenvalue weighted by atomic mass is 9.83. The molecular formula is C41H27N. The first-order chi connectivity index (χ1) is 20.8. The van der Waals surface area contributed by atoms with Gasteiger partial charge in [-0.3, -0.25) is 4.98 Å². The molecule has 0 saturated carbocycles. The van der Waals surface area contributed by atoms with Crippen molar-refractivity contribution in [3.63, 3.8) is 0 Å². The molecule has 8 rings (SSSR count). The third-order valence-corrected chi connectivity index (χ3v) is 8.32. The average Bonchev–Trinajstić information content (AvgIpc) is 3.07. The topological polar surface area (TPSA) is 12.9 Å². The Labute approximate surface area is 245 Å². The second-order valence-electron chi connectivity index (χ2n) is 10.8. The first-order valence-electron chi connectivity index (χ1n) is 14.4. The Balaban J connectivity index is 1.49. The minimum atomic E-state index is 1.17. The second kappa shape index (κ2) is 10.1. The molecule has 0 fully saturated rings. The van der Waals surface area contributed by atoms with E-state index in [0.29, 0.717) is 0 Å². The molecule has 0 bridgehead atoms. The van der Waals surface area contributed by atoms with Crippen molar-refractivity contribution in [1.82, 2.24) is 4.98 Å². The molecule has 0 saturated heterocycles. The molecule has 42 heavy (non-hydrogen) atoms. The van der Waals surface area contributed by atoms with Crippen LogP contribution in [0.25, 0.3) is 76.8 Å². The monoisotopic (exact) mass is 533 g/mol. The van der Waals surface area contributed by atoms with Crippen molar-refractivity contribution >= 4 is 32.3 Å². The van der Waals surface area contributed by atoms with Crippen molar-refractivity contribution in [2.75, 3.05) is 0 Å². The summed E-state index contributed by atoms with van der Waals surface area (Å²) in [7, 11) is 0. The largest absolute Gasteiger partial charge is 0.264 e. The molecule has 0 aliphatic carbocycles. The SMILES string of the molecule is c1ccc(-c2cc(-c3ccccc3)cc(-c3c4ccccc4c(-c4cccc5ccncc45)c4ccccc34)c2)cc1. The lowest BCUT2D eigenvalue weighted by Crippen LogP contribution is -1.93. The molecule has 0 unspecified atom stereocenters. The maximum absolute atomic E-state index is 4.50. The summed E-state index contributed by atoms with van der Waals surface area (Å²) in [6.07, 6.45) is 3.87. The summed E-state index contributed by atoms with van der Waals surface area (Å²) in [5, 5.41) is 7.35. The summed E-state index contributed by atoms with van der Waals surface area (Å²) in [5.41, 5.74) is 9.80. The van der Waals surface area contributed by atoms with Crippen LogP contribution in [0.4, 0.5) is 0 Å². The molecule has 8 aromatic rings. The molecule has 1 heterocycles. The number of benzene rings is 7. The van der Waals surface area contributed by atoms with Gasteiger partial charge in [0, 0.05) is 17.8 Å². The van der Waals surface area contributed by atoms with Crippen LogP contribution < -0.4 is 0 Å². The number of hydrogen-bond donors (Lipinski definition) is 0. The normalized spacial score (nSPS) is 11.3. The summed E-state index contributed by atoms with van der Waals surface area (Å²) < 4.78 is 0. The van der Waals surface area contributed by atoms with Crippen molar-refractivity contribution in [3.8, 4) is 44.5 Å². The Morgan fingerprint density at radius 2 is 0.833 bits per heavy atom. The lowest BCUT2D eigenvalue weighted by Gasteiger charge is -2.20. The van der Waals surface area contributed by atoms with Gasteiger partial charge in [-0.25, -0.2) is 0 Å². The zero-order valence-electron chi connectivity index (χ0n) is 23.0. The van der Waals surface area contributed by atoms with Gasteiger partial charge in [-0.2, -0.15) is 0 Å². The van der Waals surface area contributed by atoms with E-state index in [9.17, 15) is 0 Å². The number of fused-ring (bicyclic) bond motifs is 3. The standard InChI is InChI=1S/C41H27N/c1-3-12-28(13-4-1)31-24-32(29-14-5-2-6-15-29)26-33(25-31)40-34-17-7-9-19-36(34)41(37-20-10-8-18-35(37)40)38-21-11-16-30-22-23-42-27-39(30)38/h1-27H. The Morgan fingerprint density at radius 1 is 0.333 bits per heavy atom. The van der Waals surface area contributed by atoms with Crippen LogP contribution >= 0.6 is 0 Å². The molecular weight excluding hydrogens is 506 g/mol. The Hall–Kier alpha value is -5.53. The predicted molar refractivity (Wildman–Crippen MR) is 178 cm³/mol. The van der Waals surface area contributed by atoms with Crippen LogP contribution in [0.15, 0.2) is 164 Å². The summed E-state index contributed by atoms with van der Waals surface area (Å²) in [6, 6.07) is 54.8. The van der Waals surface area contributed by atoms with Gasteiger partial charge in [-0.05, 0) is 95.7 Å². The highest BCUT2D eigenvalue weighted by Crippen LogP contribution is 2.46. The molecule has 1 heteroatoms. The van der Waals surface area contributed by atoms with E-state index < -0.39 is 0 Å². The van der Waals surface area contributed by atoms with Crippen LogP contribution in [0.3, 0.4) is 0 Å². The van der Waals surface area contributed by atoms with Gasteiger partial charge in [0.05, 0.1) is 0 Å². The average molecular weight is 534 g/mol. The third-order valence-electron chi connectivity index (χ3n) is 8.32. The first-order valence-corrected chi connectivity index (χ1v) is 14.4. The fraction of sp³-hybridized carbons (Fsp3) is 0. The van der Waals surface area contributed by atoms with Gasteiger partial charge in [0.1, 0.15) is 0 Å². The van der Waals surface area contributed by atoms with Crippen LogP contribution in [0.2, 0.25) is 0 Å². The van der Waals surface area contributed by atoms with E-state index in [1.54, 1.807) is 0 Å². The Kier molecular flexibility index (Phi) is 5.86. The van der Waals surface area contributed by atoms with Crippen LogP contribution in [-0.4, -0.2) is 4.98 Å². The molecule has 0 spiro atoms. The first kappa shape index (κ1) is 24.3. The van der Waals surface area contributed by atoms with E-state index in [1.807, 2.05) is 12.4 Å². The van der Waals surface area contributed by atoms with Crippen molar-refractivity contribution < 1.29 is 0 Å². The summed E-state index contributed by atoms with van der Waals surface area (Å²) >= 11 is 0. The Morgan fingerprint density at radius 3 is 1.40 bits per heavy atom. The predicted octanol–water partition coefficient (Wildman–Crippen LogP) is 11.2. The van der Waals surface area contributed by atoms with Crippen molar-refractivity contribution in [2.24, 2.45) is 0 Å². The molecule has 1 nitrogen and oxygen atoms in total. The van der Waals surface area contributed by atoms with Gasteiger partial charge >= 0.3 is 0 Å². The maximum Gasteiger partial charge on any atom is 0.0352 e. The highest BCUT2D eigenvalue weighted by atomic mass is 14.6. The van der Waals surface area contributed by atoms with Crippen molar-refractivity contribution in [2.45, 2.75) is 0 Å². The van der Waals surface area contributed by atoms with Gasteiger partial charge in [0.15, 0.2) is 0 Å². The van der Waals surface area contributed by atoms with Crippen LogP contribution in [-0.2, 0) is 0 Å². The zero-order chi connectivity index (χ0) is 27.9. The van der Waals surface area contributed by atoms with E-state index in [4.69, 9.17) is 0 Å². The van der Waals surface area contributed by atoms with Gasteiger partial charge in [0.2, 0.25) is 0 Å². The second-order valence-corrected chi connectivity index (χ2v) is 10.8. The highest BCUT2D eigenvalue weighted by molar-refractivity contribution is 6.23. The van der Waals surface area contributed by atoms with E-state index in [1.165, 1.54) is 76.8 Å². The van der Waals surface area contributed by atoms with Gasteiger partial charge in [0.25, 0.3) is 0 Å². The van der Waals surface area contributed by atoms with Crippen LogP contribution in [0.5, 0.6) is 0 Å². The molecule has 0 aliphatic heterocycles. The summed E-state index contributed by atoms with van der Waals surface area (Å²) in [5.74, 6) is 0. The van der Waals surface area contributed by atoms with Gasteiger partial charge < -0.3 is 0 Å². The van der Waals surface area contributed by atoms with E-state index in [-0.39, 0.29) is 0 Å². The number of hydrogen-bond acceptors (Lipinski definition) is 1. The lowest BCUT2D eigenvalue weighted by molar-refractivity contribution is 1.36. The molecule has 1 aromatic heterocycles. The zero-order valence-corrected chi connectivity index (χ0v) is 23.0. The molecule has 196 valence electrons. The van der Waals surface area contributed by atoms with E-state index in [2.05, 4.69) is 157 Å².